The van der Waals surface area contributed by atoms with Crippen LogP contribution in [0.3, 0.4) is 0 Å². The van der Waals surface area contributed by atoms with Gasteiger partial charge in [0.2, 0.25) is 0 Å². The topological polar surface area (TPSA) is 126 Å². The molecule has 1 amide bonds. The van der Waals surface area contributed by atoms with E-state index in [0.717, 1.165) is 0 Å². The van der Waals surface area contributed by atoms with Crippen molar-refractivity contribution in [1.29, 1.82) is 0 Å². The second-order valence-corrected chi connectivity index (χ2v) is 4.61. The largest absolute Gasteiger partial charge is 0.617 e. The lowest BCUT2D eigenvalue weighted by Gasteiger charge is -2.10. The average Bonchev–Trinajstić information content (AvgIpc) is 2.50. The van der Waals surface area contributed by atoms with Gasteiger partial charge in [0.25, 0.3) is 16.9 Å². The van der Waals surface area contributed by atoms with Gasteiger partial charge in [-0.1, -0.05) is 12.1 Å². The smallest absolute Gasteiger partial charge is 0.332 e. The van der Waals surface area contributed by atoms with Crippen LogP contribution in [-0.2, 0) is 4.79 Å². The maximum atomic E-state index is 12.5. The van der Waals surface area contributed by atoms with E-state index < -0.39 is 12.5 Å². The predicted molar refractivity (Wildman–Crippen MR) is 75.7 cm³/mol. The Labute approximate surface area is 123 Å². The molecule has 22 heavy (non-hydrogen) atoms. The summed E-state index contributed by atoms with van der Waals surface area (Å²) in [6, 6.07) is 8.54. The van der Waals surface area contributed by atoms with Crippen molar-refractivity contribution in [3.05, 3.63) is 46.8 Å². The van der Waals surface area contributed by atoms with E-state index in [-0.39, 0.29) is 33.6 Å². The zero-order valence-corrected chi connectivity index (χ0v) is 11.2. The standard InChI is InChI=1S/C14H11N3O5/c15-12(19)7-22-11-6-2-4-9-14(11)17(21)8-3-1-5-10(18)13(8)16(9)20/h1-6,18H,7H2,(H2,15,19). The summed E-state index contributed by atoms with van der Waals surface area (Å²) in [6.45, 7) is -0.421. The molecule has 8 nitrogen and oxygen atoms in total. The van der Waals surface area contributed by atoms with Gasteiger partial charge in [0.05, 0.1) is 0 Å². The van der Waals surface area contributed by atoms with Gasteiger partial charge >= 0.3 is 11.0 Å². The Hall–Kier alpha value is -3.29. The predicted octanol–water partition coefficient (Wildman–Crippen LogP) is -0.171. The van der Waals surface area contributed by atoms with Gasteiger partial charge in [-0.15, -0.1) is 0 Å². The molecule has 0 spiro atoms. The molecule has 8 heteroatoms. The third kappa shape index (κ3) is 1.97. The minimum atomic E-state index is -0.706. The fraction of sp³-hybridized carbons (Fsp3) is 0.0714. The molecule has 0 fully saturated rings. The Bertz CT molecular complexity index is 910. The number of phenols is 1. The fourth-order valence-electron chi connectivity index (χ4n) is 2.28. The SMILES string of the molecule is NC(=O)COc1cccc2c1[n+]([O-])c1cccc(O)c1[n+]2[O-]. The van der Waals surface area contributed by atoms with Crippen molar-refractivity contribution in [2.24, 2.45) is 5.73 Å². The Balaban J connectivity index is 2.38. The van der Waals surface area contributed by atoms with Crippen LogP contribution in [0.5, 0.6) is 11.5 Å². The molecule has 3 aromatic rings. The van der Waals surface area contributed by atoms with Gasteiger partial charge in [-0.05, 0) is 12.1 Å². The number of fused-ring (bicyclic) bond motifs is 2. The summed E-state index contributed by atoms with van der Waals surface area (Å²) in [6.07, 6.45) is 0. The number of aromatic hydroxyl groups is 1. The molecule has 0 bridgehead atoms. The molecular weight excluding hydrogens is 290 g/mol. The number of para-hydroxylation sites is 2. The van der Waals surface area contributed by atoms with Gasteiger partial charge in [-0.25, -0.2) is 0 Å². The van der Waals surface area contributed by atoms with Gasteiger partial charge in [0.1, 0.15) is 0 Å². The van der Waals surface area contributed by atoms with E-state index in [1.165, 1.54) is 36.4 Å². The van der Waals surface area contributed by atoms with Crippen molar-refractivity contribution >= 4 is 28.0 Å². The number of primary amides is 1. The number of nitrogens with zero attached hydrogens (tertiary/aromatic N) is 2. The van der Waals surface area contributed by atoms with E-state index in [1.807, 2.05) is 0 Å². The molecule has 0 saturated heterocycles. The van der Waals surface area contributed by atoms with E-state index in [2.05, 4.69) is 0 Å². The number of rotatable bonds is 3. The number of carbonyl (C=O) groups is 1. The first-order valence-electron chi connectivity index (χ1n) is 6.31. The van der Waals surface area contributed by atoms with Gasteiger partial charge < -0.3 is 26.0 Å². The normalized spacial score (nSPS) is 10.9. The molecular formula is C14H11N3O5. The minimum absolute atomic E-state index is 0.00553. The zero-order chi connectivity index (χ0) is 15.9. The minimum Gasteiger partial charge on any atom is -0.617 e. The van der Waals surface area contributed by atoms with Crippen molar-refractivity contribution in [1.82, 2.24) is 0 Å². The number of carbonyl (C=O) groups excluding carboxylic acids is 1. The molecule has 0 atom stereocenters. The molecule has 0 radical (unpaired) electrons. The second kappa shape index (κ2) is 4.92. The number of phenolic OH excluding ortho intramolecular Hbond substituents is 1. The summed E-state index contributed by atoms with van der Waals surface area (Å²) in [7, 11) is 0. The maximum absolute atomic E-state index is 12.5. The molecule has 1 aromatic heterocycles. The first-order valence-corrected chi connectivity index (χ1v) is 6.31. The molecule has 3 rings (SSSR count). The Kier molecular flexibility index (Phi) is 3.06. The first kappa shape index (κ1) is 13.7. The lowest BCUT2D eigenvalue weighted by molar-refractivity contribution is -0.591. The van der Waals surface area contributed by atoms with E-state index in [0.29, 0.717) is 9.46 Å². The summed E-state index contributed by atoms with van der Waals surface area (Å²) in [5, 5.41) is 34.7. The summed E-state index contributed by atoms with van der Waals surface area (Å²) in [5.74, 6) is -0.952. The molecule has 2 aromatic carbocycles. The summed E-state index contributed by atoms with van der Waals surface area (Å²) in [4.78, 5) is 10.8. The molecule has 3 N–H and O–H groups in total. The van der Waals surface area contributed by atoms with E-state index in [1.54, 1.807) is 0 Å². The van der Waals surface area contributed by atoms with Gasteiger partial charge in [-0.2, -0.15) is 9.46 Å². The molecule has 0 aliphatic heterocycles. The number of amides is 1. The van der Waals surface area contributed by atoms with Crippen LogP contribution in [0.2, 0.25) is 0 Å². The summed E-state index contributed by atoms with van der Waals surface area (Å²) >= 11 is 0. The van der Waals surface area contributed by atoms with Crippen LogP contribution < -0.4 is 19.9 Å². The Morgan fingerprint density at radius 2 is 1.68 bits per heavy atom. The number of nitrogens with two attached hydrogens (primary N) is 1. The lowest BCUT2D eigenvalue weighted by atomic mass is 10.2. The van der Waals surface area contributed by atoms with Crippen LogP contribution in [0.4, 0.5) is 0 Å². The van der Waals surface area contributed by atoms with Crippen LogP contribution in [-0.4, -0.2) is 17.6 Å². The Morgan fingerprint density at radius 1 is 1.09 bits per heavy atom. The fourth-order valence-corrected chi connectivity index (χ4v) is 2.28. The summed E-state index contributed by atoms with van der Waals surface area (Å²) in [5.41, 5.74) is 4.82. The van der Waals surface area contributed by atoms with Gasteiger partial charge in [0.15, 0.2) is 18.1 Å². The Morgan fingerprint density at radius 3 is 2.36 bits per heavy atom. The van der Waals surface area contributed by atoms with Crippen molar-refractivity contribution in [3.8, 4) is 11.5 Å². The van der Waals surface area contributed by atoms with Gasteiger partial charge in [0, 0.05) is 12.1 Å². The van der Waals surface area contributed by atoms with E-state index in [4.69, 9.17) is 10.5 Å². The highest BCUT2D eigenvalue weighted by molar-refractivity contribution is 5.83. The number of ether oxygens (including phenoxy) is 1. The third-order valence-electron chi connectivity index (χ3n) is 3.18. The lowest BCUT2D eigenvalue weighted by Crippen LogP contribution is -2.39. The quantitative estimate of drug-likeness (QED) is 0.394. The average molecular weight is 301 g/mol. The number of aromatic nitrogens is 2. The van der Waals surface area contributed by atoms with Crippen LogP contribution in [0.15, 0.2) is 36.4 Å². The van der Waals surface area contributed by atoms with Crippen LogP contribution in [0, 0.1) is 10.4 Å². The van der Waals surface area contributed by atoms with Gasteiger partial charge in [-0.3, -0.25) is 4.79 Å². The zero-order valence-electron chi connectivity index (χ0n) is 11.2. The molecule has 0 aliphatic rings. The molecule has 0 aliphatic carbocycles. The van der Waals surface area contributed by atoms with E-state index in [9.17, 15) is 20.3 Å². The number of hydrogen-bond donors (Lipinski definition) is 2. The molecule has 0 saturated carbocycles. The highest BCUT2D eigenvalue weighted by Gasteiger charge is 2.27. The molecule has 112 valence electrons. The highest BCUT2D eigenvalue weighted by atomic mass is 16.5. The molecule has 1 heterocycles. The van der Waals surface area contributed by atoms with Crippen LogP contribution in [0.25, 0.3) is 22.1 Å². The second-order valence-electron chi connectivity index (χ2n) is 4.61. The summed E-state index contributed by atoms with van der Waals surface area (Å²) < 4.78 is 6.12. The van der Waals surface area contributed by atoms with Crippen molar-refractivity contribution in [2.75, 3.05) is 6.61 Å². The van der Waals surface area contributed by atoms with E-state index >= 15 is 0 Å². The van der Waals surface area contributed by atoms with Crippen LogP contribution in [0.1, 0.15) is 0 Å². The monoisotopic (exact) mass is 301 g/mol. The highest BCUT2D eigenvalue weighted by Crippen LogP contribution is 2.25. The number of hydrogen-bond acceptors (Lipinski definition) is 5. The van der Waals surface area contributed by atoms with Crippen molar-refractivity contribution < 1.29 is 24.1 Å². The third-order valence-corrected chi connectivity index (χ3v) is 3.18. The van der Waals surface area contributed by atoms with Crippen molar-refractivity contribution in [3.63, 3.8) is 0 Å². The molecule has 0 unspecified atom stereocenters. The van der Waals surface area contributed by atoms with Crippen LogP contribution >= 0.6 is 0 Å². The first-order chi connectivity index (χ1) is 10.5. The van der Waals surface area contributed by atoms with Crippen molar-refractivity contribution in [2.45, 2.75) is 0 Å². The maximum Gasteiger partial charge on any atom is 0.332 e. The number of benzene rings is 2.